The van der Waals surface area contributed by atoms with Gasteiger partial charge >= 0.3 is 5.97 Å². The summed E-state index contributed by atoms with van der Waals surface area (Å²) in [6, 6.07) is 12.4. The molecule has 1 amide bonds. The van der Waals surface area contributed by atoms with E-state index in [1.165, 1.54) is 13.2 Å². The van der Waals surface area contributed by atoms with Gasteiger partial charge in [0, 0.05) is 30.0 Å². The molecule has 2 aromatic rings. The summed E-state index contributed by atoms with van der Waals surface area (Å²) in [6.07, 6.45) is 4.65. The molecule has 0 unspecified atom stereocenters. The van der Waals surface area contributed by atoms with Gasteiger partial charge in [-0.05, 0) is 42.0 Å². The number of nitrogens with one attached hydrogen (secondary N) is 1. The van der Waals surface area contributed by atoms with E-state index in [-0.39, 0.29) is 24.2 Å². The van der Waals surface area contributed by atoms with Crippen molar-refractivity contribution in [3.05, 3.63) is 65.5 Å². The number of benzene rings is 2. The van der Waals surface area contributed by atoms with E-state index < -0.39 is 35.4 Å². The maximum Gasteiger partial charge on any atom is 0.326 e. The molecule has 37 heavy (non-hydrogen) atoms. The van der Waals surface area contributed by atoms with Gasteiger partial charge in [-0.15, -0.1) is 0 Å². The number of aliphatic carboxylic acids is 1. The van der Waals surface area contributed by atoms with E-state index in [0.29, 0.717) is 11.3 Å². The van der Waals surface area contributed by atoms with Gasteiger partial charge in [-0.25, -0.2) is 9.18 Å². The summed E-state index contributed by atoms with van der Waals surface area (Å²) >= 11 is 0. The predicted molar refractivity (Wildman–Crippen MR) is 141 cm³/mol. The Bertz CT molecular complexity index is 1090. The van der Waals surface area contributed by atoms with Crippen LogP contribution in [0.15, 0.2) is 48.5 Å². The highest BCUT2D eigenvalue weighted by atomic mass is 19.1. The van der Waals surface area contributed by atoms with Crippen LogP contribution in [-0.4, -0.2) is 41.1 Å². The maximum atomic E-state index is 14.7. The van der Waals surface area contributed by atoms with Crippen molar-refractivity contribution >= 4 is 11.9 Å². The largest absolute Gasteiger partial charge is 0.497 e. The third-order valence-electron chi connectivity index (χ3n) is 8.05. The van der Waals surface area contributed by atoms with Crippen molar-refractivity contribution in [1.82, 2.24) is 10.2 Å². The molecule has 2 N–H and O–H groups in total. The van der Waals surface area contributed by atoms with Crippen molar-refractivity contribution < 1.29 is 23.8 Å². The molecule has 1 saturated carbocycles. The summed E-state index contributed by atoms with van der Waals surface area (Å²) in [5.74, 6) is -1.46. The van der Waals surface area contributed by atoms with Gasteiger partial charge in [0.25, 0.3) is 0 Å². The second kappa shape index (κ2) is 11.2. The molecule has 1 heterocycles. The number of methoxy groups -OCH3 is 1. The summed E-state index contributed by atoms with van der Waals surface area (Å²) in [4.78, 5) is 28.6. The second-order valence-electron chi connectivity index (χ2n) is 11.5. The molecule has 1 aliphatic heterocycles. The fourth-order valence-electron chi connectivity index (χ4n) is 6.33. The number of hydrogen-bond acceptors (Lipinski definition) is 4. The normalized spacial score (nSPS) is 24.7. The predicted octanol–water partition coefficient (Wildman–Crippen LogP) is 5.57. The highest BCUT2D eigenvalue weighted by Gasteiger charge is 2.58. The fourth-order valence-corrected chi connectivity index (χ4v) is 6.33. The summed E-state index contributed by atoms with van der Waals surface area (Å²) < 4.78 is 20.0. The van der Waals surface area contributed by atoms with Gasteiger partial charge in [0.2, 0.25) is 5.91 Å². The van der Waals surface area contributed by atoms with E-state index in [0.717, 1.165) is 37.7 Å². The summed E-state index contributed by atoms with van der Waals surface area (Å²) in [5.41, 5.74) is 0.874. The van der Waals surface area contributed by atoms with Crippen LogP contribution in [0.3, 0.4) is 0 Å². The zero-order chi connectivity index (χ0) is 26.7. The third kappa shape index (κ3) is 5.66. The van der Waals surface area contributed by atoms with E-state index in [9.17, 15) is 19.1 Å². The first kappa shape index (κ1) is 27.1. The minimum absolute atomic E-state index is 0.0768. The Balaban J connectivity index is 1.79. The smallest absolute Gasteiger partial charge is 0.326 e. The lowest BCUT2D eigenvalue weighted by molar-refractivity contribution is -0.154. The maximum absolute atomic E-state index is 14.7. The van der Waals surface area contributed by atoms with Crippen molar-refractivity contribution in [3.8, 4) is 5.75 Å². The van der Waals surface area contributed by atoms with Crippen molar-refractivity contribution in [2.45, 2.75) is 77.5 Å². The third-order valence-corrected chi connectivity index (χ3v) is 8.05. The number of carbonyl (C=O) groups excluding carboxylic acids is 1. The Morgan fingerprint density at radius 3 is 2.35 bits per heavy atom. The average molecular weight is 511 g/mol. The standard InChI is InChI=1S/C30H39FN2O4/c1-30(2,3)24-25(32-18-21-17-22(37-4)15-16-23(21)31)26(19-11-7-5-8-12-19)33(27(24)29(35)36)28(34)20-13-9-6-10-14-20/h5,7-8,11-12,15-17,20,24-27,32H,6,9-10,13-14,18H2,1-4H3,(H,35,36)/t24-,25-,26-,27-/m0/s1. The number of carboxylic acids is 1. The number of rotatable bonds is 7. The molecule has 0 spiro atoms. The van der Waals surface area contributed by atoms with Crippen LogP contribution >= 0.6 is 0 Å². The number of hydrogen-bond donors (Lipinski definition) is 2. The molecule has 7 heteroatoms. The van der Waals surface area contributed by atoms with Gasteiger partial charge in [0.1, 0.15) is 17.6 Å². The number of ether oxygens (including phenoxy) is 1. The molecule has 2 fully saturated rings. The van der Waals surface area contributed by atoms with Gasteiger partial charge in [0.15, 0.2) is 0 Å². The molecule has 6 nitrogen and oxygen atoms in total. The number of likely N-dealkylation sites (tertiary alicyclic amines) is 1. The van der Waals surface area contributed by atoms with E-state index in [1.807, 2.05) is 51.1 Å². The highest BCUT2D eigenvalue weighted by molar-refractivity contribution is 5.87. The Hall–Kier alpha value is -2.93. The van der Waals surface area contributed by atoms with Crippen LogP contribution in [0.1, 0.15) is 70.0 Å². The summed E-state index contributed by atoms with van der Waals surface area (Å²) in [5, 5.41) is 14.1. The molecule has 2 aromatic carbocycles. The molecule has 0 radical (unpaired) electrons. The molecular weight excluding hydrogens is 471 g/mol. The van der Waals surface area contributed by atoms with Crippen LogP contribution < -0.4 is 10.1 Å². The number of nitrogens with zero attached hydrogens (tertiary/aromatic N) is 1. The van der Waals surface area contributed by atoms with Gasteiger partial charge < -0.3 is 20.1 Å². The number of carboxylic acid groups (broad SMARTS) is 1. The zero-order valence-electron chi connectivity index (χ0n) is 22.2. The Morgan fingerprint density at radius 2 is 1.76 bits per heavy atom. The quantitative estimate of drug-likeness (QED) is 0.509. The van der Waals surface area contributed by atoms with E-state index in [4.69, 9.17) is 4.74 Å². The van der Waals surface area contributed by atoms with Crippen molar-refractivity contribution in [3.63, 3.8) is 0 Å². The van der Waals surface area contributed by atoms with E-state index >= 15 is 0 Å². The van der Waals surface area contributed by atoms with E-state index in [1.54, 1.807) is 17.0 Å². The Morgan fingerprint density at radius 1 is 1.08 bits per heavy atom. The van der Waals surface area contributed by atoms with Crippen LogP contribution in [0.25, 0.3) is 0 Å². The number of halogens is 1. The Kier molecular flexibility index (Phi) is 8.22. The molecule has 0 aromatic heterocycles. The van der Waals surface area contributed by atoms with Crippen molar-refractivity contribution in [2.24, 2.45) is 17.3 Å². The fraction of sp³-hybridized carbons (Fsp3) is 0.533. The highest BCUT2D eigenvalue weighted by Crippen LogP contribution is 2.49. The summed E-state index contributed by atoms with van der Waals surface area (Å²) in [6.45, 7) is 6.24. The van der Waals surface area contributed by atoms with Crippen LogP contribution in [0.5, 0.6) is 5.75 Å². The average Bonchev–Trinajstić information content (AvgIpc) is 3.25. The first-order valence-corrected chi connectivity index (χ1v) is 13.3. The molecule has 2 aliphatic rings. The van der Waals surface area contributed by atoms with Crippen LogP contribution in [0.2, 0.25) is 0 Å². The first-order chi connectivity index (χ1) is 17.6. The molecule has 0 bridgehead atoms. The summed E-state index contributed by atoms with van der Waals surface area (Å²) in [7, 11) is 1.54. The number of amides is 1. The number of carbonyl (C=O) groups is 2. The molecular formula is C30H39FN2O4. The van der Waals surface area contributed by atoms with Crippen LogP contribution in [0, 0.1) is 23.1 Å². The van der Waals surface area contributed by atoms with Crippen molar-refractivity contribution in [1.29, 1.82) is 0 Å². The minimum Gasteiger partial charge on any atom is -0.497 e. The molecule has 1 saturated heterocycles. The molecule has 4 atom stereocenters. The second-order valence-corrected chi connectivity index (χ2v) is 11.5. The van der Waals surface area contributed by atoms with Crippen molar-refractivity contribution in [2.75, 3.05) is 7.11 Å². The minimum atomic E-state index is -0.998. The zero-order valence-corrected chi connectivity index (χ0v) is 22.2. The Labute approximate surface area is 219 Å². The lowest BCUT2D eigenvalue weighted by Gasteiger charge is -2.36. The molecule has 200 valence electrons. The van der Waals surface area contributed by atoms with Gasteiger partial charge in [0.05, 0.1) is 13.2 Å². The van der Waals surface area contributed by atoms with Crippen LogP contribution in [0.4, 0.5) is 4.39 Å². The van der Waals surface area contributed by atoms with Gasteiger partial charge in [-0.2, -0.15) is 0 Å². The monoisotopic (exact) mass is 510 g/mol. The van der Waals surface area contributed by atoms with Gasteiger partial charge in [-0.1, -0.05) is 70.4 Å². The molecule has 4 rings (SSSR count). The first-order valence-electron chi connectivity index (χ1n) is 13.3. The topological polar surface area (TPSA) is 78.9 Å². The molecule has 1 aliphatic carbocycles. The van der Waals surface area contributed by atoms with Gasteiger partial charge in [-0.3, -0.25) is 4.79 Å². The lowest BCUT2D eigenvalue weighted by atomic mass is 9.72. The van der Waals surface area contributed by atoms with E-state index in [2.05, 4.69) is 5.32 Å². The SMILES string of the molecule is COc1ccc(F)c(CN[C@H]2[C@H](C(C)(C)C)[C@@H](C(=O)O)N(C(=O)C3CCCCC3)[C@H]2c2ccccc2)c1. The van der Waals surface area contributed by atoms with Crippen LogP contribution in [-0.2, 0) is 16.1 Å². The lowest BCUT2D eigenvalue weighted by Crippen LogP contribution is -2.49.